The molecule has 6 nitrogen and oxygen atoms in total. The summed E-state index contributed by atoms with van der Waals surface area (Å²) in [6.45, 7) is 2.50. The van der Waals surface area contributed by atoms with Crippen LogP contribution >= 0.6 is 0 Å². The van der Waals surface area contributed by atoms with E-state index in [1.165, 1.54) is 12.8 Å². The molecule has 102 valence electrons. The van der Waals surface area contributed by atoms with Gasteiger partial charge in [0.2, 0.25) is 11.8 Å². The molecular formula is C12H21N3O3. The van der Waals surface area contributed by atoms with Crippen molar-refractivity contribution in [3.63, 3.8) is 0 Å². The van der Waals surface area contributed by atoms with Gasteiger partial charge in [-0.2, -0.15) is 0 Å². The summed E-state index contributed by atoms with van der Waals surface area (Å²) >= 11 is 0. The van der Waals surface area contributed by atoms with E-state index in [0.717, 1.165) is 25.4 Å². The second kappa shape index (κ2) is 7.45. The van der Waals surface area contributed by atoms with Gasteiger partial charge in [0.25, 0.3) is 0 Å². The van der Waals surface area contributed by atoms with Crippen molar-refractivity contribution in [1.29, 1.82) is 0 Å². The first kappa shape index (κ1) is 13.5. The Labute approximate surface area is 107 Å². The molecule has 1 fully saturated rings. The van der Waals surface area contributed by atoms with Crippen molar-refractivity contribution < 1.29 is 13.9 Å². The molecule has 2 rings (SSSR count). The summed E-state index contributed by atoms with van der Waals surface area (Å²) in [6, 6.07) is 0.762. The summed E-state index contributed by atoms with van der Waals surface area (Å²) in [5.41, 5.74) is 0. The van der Waals surface area contributed by atoms with E-state index in [1.807, 2.05) is 0 Å². The van der Waals surface area contributed by atoms with Gasteiger partial charge in [0, 0.05) is 19.6 Å². The molecule has 1 heterocycles. The van der Waals surface area contributed by atoms with Crippen LogP contribution in [0.2, 0.25) is 0 Å². The molecule has 0 aromatic carbocycles. The van der Waals surface area contributed by atoms with Crippen molar-refractivity contribution in [2.75, 3.05) is 26.9 Å². The van der Waals surface area contributed by atoms with Crippen LogP contribution in [0.4, 0.5) is 0 Å². The molecule has 1 N–H and O–H groups in total. The normalized spacial score (nSPS) is 15.2. The molecule has 1 saturated carbocycles. The number of aryl methyl sites for hydroxylation is 1. The monoisotopic (exact) mass is 255 g/mol. The predicted molar refractivity (Wildman–Crippen MR) is 65.2 cm³/mol. The first-order valence-electron chi connectivity index (χ1n) is 6.50. The van der Waals surface area contributed by atoms with Gasteiger partial charge in [-0.1, -0.05) is 0 Å². The molecule has 1 aromatic heterocycles. The maximum absolute atomic E-state index is 5.47. The SMILES string of the molecule is COCCOCc1nnc(CCCNC2CC2)o1. The highest BCUT2D eigenvalue weighted by Gasteiger charge is 2.19. The third-order valence-corrected chi connectivity index (χ3v) is 2.74. The van der Waals surface area contributed by atoms with E-state index in [2.05, 4.69) is 15.5 Å². The van der Waals surface area contributed by atoms with Gasteiger partial charge in [-0.15, -0.1) is 10.2 Å². The predicted octanol–water partition coefficient (Wildman–Crippen LogP) is 0.917. The summed E-state index contributed by atoms with van der Waals surface area (Å²) in [6.07, 6.45) is 4.50. The Morgan fingerprint density at radius 3 is 2.89 bits per heavy atom. The molecule has 1 aromatic rings. The zero-order valence-electron chi connectivity index (χ0n) is 10.9. The third kappa shape index (κ3) is 5.12. The Balaban J connectivity index is 1.56. The lowest BCUT2D eigenvalue weighted by molar-refractivity contribution is 0.0513. The maximum Gasteiger partial charge on any atom is 0.242 e. The van der Waals surface area contributed by atoms with Crippen molar-refractivity contribution in [2.45, 2.75) is 38.3 Å². The molecule has 0 atom stereocenters. The molecule has 1 aliphatic rings. The van der Waals surface area contributed by atoms with Gasteiger partial charge in [-0.05, 0) is 25.8 Å². The lowest BCUT2D eigenvalue weighted by atomic mass is 10.3. The molecule has 0 saturated heterocycles. The van der Waals surface area contributed by atoms with E-state index in [-0.39, 0.29) is 0 Å². The number of nitrogens with one attached hydrogen (secondary N) is 1. The summed E-state index contributed by atoms with van der Waals surface area (Å²) in [5.74, 6) is 1.23. The van der Waals surface area contributed by atoms with Crippen molar-refractivity contribution in [2.24, 2.45) is 0 Å². The molecule has 6 heteroatoms. The largest absolute Gasteiger partial charge is 0.423 e. The van der Waals surface area contributed by atoms with Crippen LogP contribution in [-0.4, -0.2) is 43.1 Å². The molecule has 0 aliphatic heterocycles. The van der Waals surface area contributed by atoms with Crippen LogP contribution in [0.5, 0.6) is 0 Å². The first-order valence-corrected chi connectivity index (χ1v) is 6.50. The van der Waals surface area contributed by atoms with Gasteiger partial charge in [-0.3, -0.25) is 0 Å². The number of rotatable bonds is 10. The van der Waals surface area contributed by atoms with Crippen molar-refractivity contribution in [3.8, 4) is 0 Å². The lowest BCUT2D eigenvalue weighted by Gasteiger charge is -2.00. The van der Waals surface area contributed by atoms with Crippen molar-refractivity contribution in [3.05, 3.63) is 11.8 Å². The van der Waals surface area contributed by atoms with Gasteiger partial charge in [-0.25, -0.2) is 0 Å². The Morgan fingerprint density at radius 1 is 1.28 bits per heavy atom. The van der Waals surface area contributed by atoms with Crippen molar-refractivity contribution >= 4 is 0 Å². The topological polar surface area (TPSA) is 69.4 Å². The highest BCUT2D eigenvalue weighted by Crippen LogP contribution is 2.18. The van der Waals surface area contributed by atoms with E-state index in [4.69, 9.17) is 13.9 Å². The second-order valence-electron chi connectivity index (χ2n) is 4.47. The molecule has 18 heavy (non-hydrogen) atoms. The van der Waals surface area contributed by atoms with E-state index in [9.17, 15) is 0 Å². The Hall–Kier alpha value is -0.980. The lowest BCUT2D eigenvalue weighted by Crippen LogP contribution is -2.17. The van der Waals surface area contributed by atoms with E-state index < -0.39 is 0 Å². The Bertz CT molecular complexity index is 339. The summed E-state index contributed by atoms with van der Waals surface area (Å²) in [7, 11) is 1.64. The molecule has 0 bridgehead atoms. The van der Waals surface area contributed by atoms with Gasteiger partial charge < -0.3 is 19.2 Å². The van der Waals surface area contributed by atoms with E-state index >= 15 is 0 Å². The summed E-state index contributed by atoms with van der Waals surface area (Å²) in [4.78, 5) is 0. The van der Waals surface area contributed by atoms with Crippen molar-refractivity contribution in [1.82, 2.24) is 15.5 Å². The number of hydrogen-bond donors (Lipinski definition) is 1. The third-order valence-electron chi connectivity index (χ3n) is 2.74. The molecule has 0 radical (unpaired) electrons. The second-order valence-corrected chi connectivity index (χ2v) is 4.47. The minimum Gasteiger partial charge on any atom is -0.423 e. The fourth-order valence-corrected chi connectivity index (χ4v) is 1.58. The average molecular weight is 255 g/mol. The average Bonchev–Trinajstić information content (AvgIpc) is 3.10. The summed E-state index contributed by atoms with van der Waals surface area (Å²) < 4.78 is 15.7. The van der Waals surface area contributed by atoms with Crippen LogP contribution in [0.15, 0.2) is 4.42 Å². The minimum absolute atomic E-state index is 0.358. The quantitative estimate of drug-likeness (QED) is 0.627. The van der Waals surface area contributed by atoms with Crippen LogP contribution in [0.1, 0.15) is 31.0 Å². The van der Waals surface area contributed by atoms with Crippen LogP contribution in [0, 0.1) is 0 Å². The number of methoxy groups -OCH3 is 1. The molecular weight excluding hydrogens is 234 g/mol. The van der Waals surface area contributed by atoms with E-state index in [1.54, 1.807) is 7.11 Å². The summed E-state index contributed by atoms with van der Waals surface area (Å²) in [5, 5.41) is 11.4. The maximum atomic E-state index is 5.47. The van der Waals surface area contributed by atoms with Gasteiger partial charge in [0.15, 0.2) is 0 Å². The number of aromatic nitrogens is 2. The van der Waals surface area contributed by atoms with Crippen LogP contribution < -0.4 is 5.32 Å². The molecule has 0 unspecified atom stereocenters. The molecule has 1 aliphatic carbocycles. The van der Waals surface area contributed by atoms with Gasteiger partial charge in [0.05, 0.1) is 13.2 Å². The fraction of sp³-hybridized carbons (Fsp3) is 0.833. The smallest absolute Gasteiger partial charge is 0.242 e. The highest BCUT2D eigenvalue weighted by atomic mass is 16.5. The molecule has 0 amide bonds. The fourth-order valence-electron chi connectivity index (χ4n) is 1.58. The first-order chi connectivity index (χ1) is 8.88. The van der Waals surface area contributed by atoms with E-state index in [0.29, 0.717) is 31.6 Å². The Morgan fingerprint density at radius 2 is 2.11 bits per heavy atom. The molecule has 0 spiro atoms. The van der Waals surface area contributed by atoms with Gasteiger partial charge in [0.1, 0.15) is 6.61 Å². The minimum atomic E-state index is 0.358. The van der Waals surface area contributed by atoms with Crippen LogP contribution in [0.3, 0.4) is 0 Å². The standard InChI is InChI=1S/C12H21N3O3/c1-16-7-8-17-9-12-15-14-11(18-12)3-2-6-13-10-4-5-10/h10,13H,2-9H2,1H3. The highest BCUT2D eigenvalue weighted by molar-refractivity contribution is 4.83. The number of nitrogens with zero attached hydrogens (tertiary/aromatic N) is 2. The zero-order valence-corrected chi connectivity index (χ0v) is 10.9. The Kier molecular flexibility index (Phi) is 5.57. The van der Waals surface area contributed by atoms with Crippen LogP contribution in [-0.2, 0) is 22.5 Å². The van der Waals surface area contributed by atoms with Crippen LogP contribution in [0.25, 0.3) is 0 Å². The van der Waals surface area contributed by atoms with Gasteiger partial charge >= 0.3 is 0 Å². The number of ether oxygens (including phenoxy) is 2. The number of hydrogen-bond acceptors (Lipinski definition) is 6. The zero-order chi connectivity index (χ0) is 12.6.